The molecule has 0 atom stereocenters. The Morgan fingerprint density at radius 1 is 1.67 bits per heavy atom. The third-order valence-electron chi connectivity index (χ3n) is 2.20. The first kappa shape index (κ1) is 11.9. The lowest BCUT2D eigenvalue weighted by molar-refractivity contribution is 0.384. The average molecular weight is 223 g/mol. The molecule has 1 heterocycles. The Bertz CT molecular complexity index is 338. The van der Waals surface area contributed by atoms with E-state index in [9.17, 15) is 0 Å². The summed E-state index contributed by atoms with van der Waals surface area (Å²) in [5, 5.41) is 4.10. The molecule has 0 amide bonds. The molecule has 0 aliphatic rings. The third kappa shape index (κ3) is 3.16. The van der Waals surface area contributed by atoms with Gasteiger partial charge in [-0.15, -0.1) is 11.8 Å². The van der Waals surface area contributed by atoms with E-state index >= 15 is 0 Å². The first-order valence-electron chi connectivity index (χ1n) is 4.74. The van der Waals surface area contributed by atoms with E-state index in [0.717, 1.165) is 17.4 Å². The van der Waals surface area contributed by atoms with Crippen LogP contribution in [0.25, 0.3) is 0 Å². The lowest BCUT2D eigenvalue weighted by atomic mass is 10.3. The molecule has 0 radical (unpaired) electrons. The Labute approximate surface area is 95.6 Å². The fraction of sp³-hybridized carbons (Fsp3) is 0.364. The molecule has 4 heteroatoms. The van der Waals surface area contributed by atoms with E-state index < -0.39 is 0 Å². The molecule has 0 bridgehead atoms. The maximum atomic E-state index is 4.32. The van der Waals surface area contributed by atoms with Gasteiger partial charge in [-0.3, -0.25) is 0 Å². The van der Waals surface area contributed by atoms with Crippen LogP contribution < -0.4 is 5.32 Å². The molecular weight excluding hydrogens is 206 g/mol. The SMILES string of the molecule is C=C(NC)N(C)Cc1cccnc1SC. The molecule has 0 fully saturated rings. The van der Waals surface area contributed by atoms with Gasteiger partial charge in [-0.25, -0.2) is 4.98 Å². The van der Waals surface area contributed by atoms with Gasteiger partial charge in [0, 0.05) is 32.4 Å². The standard InChI is InChI=1S/C11H17N3S/c1-9(12-2)14(3)8-10-6-5-7-13-11(10)15-4/h5-7,12H,1,8H2,2-4H3. The van der Waals surface area contributed by atoms with Gasteiger partial charge in [0.25, 0.3) is 0 Å². The largest absolute Gasteiger partial charge is 0.375 e. The summed E-state index contributed by atoms with van der Waals surface area (Å²) in [5.74, 6) is 0.908. The summed E-state index contributed by atoms with van der Waals surface area (Å²) in [4.78, 5) is 6.39. The maximum Gasteiger partial charge on any atom is 0.101 e. The highest BCUT2D eigenvalue weighted by Crippen LogP contribution is 2.18. The highest BCUT2D eigenvalue weighted by molar-refractivity contribution is 7.98. The van der Waals surface area contributed by atoms with Gasteiger partial charge in [0.2, 0.25) is 0 Å². The maximum absolute atomic E-state index is 4.32. The van der Waals surface area contributed by atoms with Gasteiger partial charge < -0.3 is 10.2 Å². The summed E-state index contributed by atoms with van der Waals surface area (Å²) in [5.41, 5.74) is 1.23. The molecule has 0 saturated carbocycles. The molecule has 0 aromatic carbocycles. The number of aromatic nitrogens is 1. The second kappa shape index (κ2) is 5.66. The summed E-state index contributed by atoms with van der Waals surface area (Å²) < 4.78 is 0. The molecule has 0 spiro atoms. The van der Waals surface area contributed by atoms with Crippen LogP contribution in [0.5, 0.6) is 0 Å². The van der Waals surface area contributed by atoms with E-state index in [-0.39, 0.29) is 0 Å². The van der Waals surface area contributed by atoms with Crippen molar-refractivity contribution in [1.82, 2.24) is 15.2 Å². The second-order valence-electron chi connectivity index (χ2n) is 3.22. The Kier molecular flexibility index (Phi) is 4.49. The summed E-state index contributed by atoms with van der Waals surface area (Å²) in [6.07, 6.45) is 3.86. The summed E-state index contributed by atoms with van der Waals surface area (Å²) in [7, 11) is 3.88. The summed E-state index contributed by atoms with van der Waals surface area (Å²) in [6, 6.07) is 4.06. The smallest absolute Gasteiger partial charge is 0.101 e. The summed E-state index contributed by atoms with van der Waals surface area (Å²) in [6.45, 7) is 4.74. The van der Waals surface area contributed by atoms with Crippen LogP contribution in [0.15, 0.2) is 35.8 Å². The van der Waals surface area contributed by atoms with E-state index in [0.29, 0.717) is 0 Å². The van der Waals surface area contributed by atoms with Crippen LogP contribution in [0, 0.1) is 0 Å². The minimum atomic E-state index is 0.823. The molecule has 1 N–H and O–H groups in total. The van der Waals surface area contributed by atoms with Gasteiger partial charge in [-0.2, -0.15) is 0 Å². The van der Waals surface area contributed by atoms with Gasteiger partial charge in [0.1, 0.15) is 5.03 Å². The second-order valence-corrected chi connectivity index (χ2v) is 4.02. The van der Waals surface area contributed by atoms with Gasteiger partial charge in [0.15, 0.2) is 0 Å². The molecule has 82 valence electrons. The third-order valence-corrected chi connectivity index (χ3v) is 2.95. The zero-order valence-corrected chi connectivity index (χ0v) is 10.3. The highest BCUT2D eigenvalue weighted by atomic mass is 32.2. The van der Waals surface area contributed by atoms with Crippen LogP contribution in [0.4, 0.5) is 0 Å². The van der Waals surface area contributed by atoms with Crippen molar-refractivity contribution in [2.24, 2.45) is 0 Å². The van der Waals surface area contributed by atoms with Crippen molar-refractivity contribution < 1.29 is 0 Å². The molecule has 3 nitrogen and oxygen atoms in total. The molecule has 15 heavy (non-hydrogen) atoms. The molecular formula is C11H17N3S. The monoisotopic (exact) mass is 223 g/mol. The van der Waals surface area contributed by atoms with Gasteiger partial charge in [-0.1, -0.05) is 12.6 Å². The predicted molar refractivity (Wildman–Crippen MR) is 65.7 cm³/mol. The molecule has 1 aromatic rings. The lowest BCUT2D eigenvalue weighted by Crippen LogP contribution is -2.25. The fourth-order valence-corrected chi connectivity index (χ4v) is 1.83. The van der Waals surface area contributed by atoms with Crippen molar-refractivity contribution >= 4 is 11.8 Å². The van der Waals surface area contributed by atoms with Gasteiger partial charge in [0.05, 0.1) is 5.82 Å². The van der Waals surface area contributed by atoms with E-state index in [4.69, 9.17) is 0 Å². The molecule has 1 aromatic heterocycles. The average Bonchev–Trinajstić information content (AvgIpc) is 2.28. The molecule has 0 unspecified atom stereocenters. The Hall–Kier alpha value is -1.16. The quantitative estimate of drug-likeness (QED) is 0.772. The molecule has 0 saturated heterocycles. The van der Waals surface area contributed by atoms with Crippen LogP contribution >= 0.6 is 11.8 Å². The number of pyridine rings is 1. The fourth-order valence-electron chi connectivity index (χ4n) is 1.27. The van der Waals surface area contributed by atoms with Crippen molar-refractivity contribution in [3.05, 3.63) is 36.3 Å². The predicted octanol–water partition coefficient (Wildman–Crippen LogP) is 1.93. The van der Waals surface area contributed by atoms with Crippen LogP contribution in [-0.4, -0.2) is 30.2 Å². The zero-order chi connectivity index (χ0) is 11.3. The van der Waals surface area contributed by atoms with E-state index in [1.54, 1.807) is 11.8 Å². The first-order valence-corrected chi connectivity index (χ1v) is 5.97. The lowest BCUT2D eigenvalue weighted by Gasteiger charge is -2.21. The van der Waals surface area contributed by atoms with Gasteiger partial charge in [-0.05, 0) is 12.3 Å². The number of rotatable bonds is 5. The zero-order valence-electron chi connectivity index (χ0n) is 9.45. The van der Waals surface area contributed by atoms with Crippen LogP contribution in [0.2, 0.25) is 0 Å². The Morgan fingerprint density at radius 3 is 3.00 bits per heavy atom. The molecule has 0 aliphatic carbocycles. The van der Waals surface area contributed by atoms with E-state index in [1.165, 1.54) is 5.56 Å². The number of nitrogens with zero attached hydrogens (tertiary/aromatic N) is 2. The number of thioether (sulfide) groups is 1. The number of hydrogen-bond donors (Lipinski definition) is 1. The van der Waals surface area contributed by atoms with Crippen LogP contribution in [0.3, 0.4) is 0 Å². The minimum Gasteiger partial charge on any atom is -0.375 e. The Morgan fingerprint density at radius 2 is 2.40 bits per heavy atom. The summed E-state index contributed by atoms with van der Waals surface area (Å²) >= 11 is 1.67. The normalized spacial score (nSPS) is 9.80. The number of nitrogens with one attached hydrogen (secondary N) is 1. The van der Waals surface area contributed by atoms with Crippen molar-refractivity contribution in [3.8, 4) is 0 Å². The van der Waals surface area contributed by atoms with Crippen LogP contribution in [0.1, 0.15) is 5.56 Å². The highest BCUT2D eigenvalue weighted by Gasteiger charge is 2.06. The van der Waals surface area contributed by atoms with Crippen molar-refractivity contribution in [2.75, 3.05) is 20.4 Å². The molecule has 1 rings (SSSR count). The van der Waals surface area contributed by atoms with Crippen molar-refractivity contribution in [1.29, 1.82) is 0 Å². The minimum absolute atomic E-state index is 0.823. The molecule has 0 aliphatic heterocycles. The van der Waals surface area contributed by atoms with Crippen LogP contribution in [-0.2, 0) is 6.54 Å². The van der Waals surface area contributed by atoms with E-state index in [2.05, 4.69) is 27.8 Å². The van der Waals surface area contributed by atoms with E-state index in [1.807, 2.05) is 32.6 Å². The topological polar surface area (TPSA) is 28.2 Å². The number of hydrogen-bond acceptors (Lipinski definition) is 4. The Balaban J connectivity index is 2.75. The van der Waals surface area contributed by atoms with Crippen molar-refractivity contribution in [2.45, 2.75) is 11.6 Å². The van der Waals surface area contributed by atoms with Crippen molar-refractivity contribution in [3.63, 3.8) is 0 Å². The first-order chi connectivity index (χ1) is 7.19. The van der Waals surface area contributed by atoms with Gasteiger partial charge >= 0.3 is 0 Å².